The summed E-state index contributed by atoms with van der Waals surface area (Å²) in [4.78, 5) is 16.8. The second-order valence-corrected chi connectivity index (χ2v) is 6.04. The maximum atomic E-state index is 13.2. The summed E-state index contributed by atoms with van der Waals surface area (Å²) >= 11 is 1.20. The third-order valence-corrected chi connectivity index (χ3v) is 4.11. The highest BCUT2D eigenvalue weighted by Crippen LogP contribution is 2.22. The molecule has 3 rings (SSSR count). The molecule has 0 aliphatic heterocycles. The molecule has 1 aromatic carbocycles. The van der Waals surface area contributed by atoms with E-state index in [2.05, 4.69) is 10.3 Å². The van der Waals surface area contributed by atoms with Crippen molar-refractivity contribution in [3.63, 3.8) is 0 Å². The first-order valence-corrected chi connectivity index (χ1v) is 7.73. The number of benzene rings is 1. The molecule has 0 unspecified atom stereocenters. The first-order valence-electron chi connectivity index (χ1n) is 6.91. The van der Waals surface area contributed by atoms with Crippen molar-refractivity contribution in [2.45, 2.75) is 6.42 Å². The molecule has 122 valence electrons. The predicted octanol–water partition coefficient (Wildman–Crippen LogP) is 2.90. The Morgan fingerprint density at radius 1 is 1.25 bits per heavy atom. The van der Waals surface area contributed by atoms with Gasteiger partial charge in [0.25, 0.3) is 5.69 Å². The number of halogens is 2. The monoisotopic (exact) mass is 347 g/mol. The molecule has 0 bridgehead atoms. The summed E-state index contributed by atoms with van der Waals surface area (Å²) < 4.78 is 26.6. The molecule has 1 N–H and O–H groups in total. The van der Waals surface area contributed by atoms with Crippen LogP contribution in [0.1, 0.15) is 20.9 Å². The van der Waals surface area contributed by atoms with E-state index in [-0.39, 0.29) is 5.69 Å². The number of hydrogen-bond donors (Lipinski definition) is 1. The van der Waals surface area contributed by atoms with E-state index < -0.39 is 17.5 Å². The van der Waals surface area contributed by atoms with Gasteiger partial charge in [-0.05, 0) is 23.8 Å². The summed E-state index contributed by atoms with van der Waals surface area (Å²) in [7, 11) is 0. The van der Waals surface area contributed by atoms with E-state index in [9.17, 15) is 18.8 Å². The van der Waals surface area contributed by atoms with E-state index in [0.717, 1.165) is 17.0 Å². The summed E-state index contributed by atoms with van der Waals surface area (Å²) in [6, 6.07) is 8.18. The molecule has 3 aromatic rings. The van der Waals surface area contributed by atoms with E-state index in [0.29, 0.717) is 21.8 Å². The largest absolute Gasteiger partial charge is 0.618 e. The minimum Gasteiger partial charge on any atom is -0.618 e. The lowest BCUT2D eigenvalue weighted by molar-refractivity contribution is -0.607. The minimum atomic E-state index is -0.908. The standard InChI is InChI=1S/C16H11F2N3O2S/c17-12-5-4-10(8-13(12)18)7-11-9-19-16(24-11)20-15(22)14-3-1-2-6-21(14)23/h1-6,8-9H,7H2,(H,19,20,22). The Bertz CT molecular complexity index is 899. The summed E-state index contributed by atoms with van der Waals surface area (Å²) in [5, 5.41) is 14.4. The zero-order valence-corrected chi connectivity index (χ0v) is 13.0. The van der Waals surface area contributed by atoms with Gasteiger partial charge in [0, 0.05) is 29.6 Å². The van der Waals surface area contributed by atoms with Gasteiger partial charge in [0.15, 0.2) is 23.0 Å². The van der Waals surface area contributed by atoms with Gasteiger partial charge in [0.2, 0.25) is 0 Å². The topological polar surface area (TPSA) is 68.9 Å². The first-order chi connectivity index (χ1) is 11.5. The lowest BCUT2D eigenvalue weighted by Crippen LogP contribution is -2.36. The van der Waals surface area contributed by atoms with E-state index in [4.69, 9.17) is 0 Å². The van der Waals surface area contributed by atoms with Crippen molar-refractivity contribution in [3.8, 4) is 0 Å². The zero-order chi connectivity index (χ0) is 17.1. The lowest BCUT2D eigenvalue weighted by atomic mass is 10.1. The Labute approximate surface area is 139 Å². The molecule has 1 amide bonds. The third kappa shape index (κ3) is 3.54. The SMILES string of the molecule is O=C(Nc1ncc(Cc2ccc(F)c(F)c2)s1)c1cccc[n+]1[O-]. The van der Waals surface area contributed by atoms with Gasteiger partial charge >= 0.3 is 5.91 Å². The van der Waals surface area contributed by atoms with Gasteiger partial charge in [0.1, 0.15) is 0 Å². The number of carbonyl (C=O) groups is 1. The van der Waals surface area contributed by atoms with Crippen molar-refractivity contribution in [3.05, 3.63) is 81.8 Å². The molecule has 0 aliphatic carbocycles. The number of carbonyl (C=O) groups excluding carboxylic acids is 1. The summed E-state index contributed by atoms with van der Waals surface area (Å²) in [6.45, 7) is 0. The number of thiazole rings is 1. The van der Waals surface area contributed by atoms with E-state index in [1.54, 1.807) is 6.07 Å². The fraction of sp³-hybridized carbons (Fsp3) is 0.0625. The van der Waals surface area contributed by atoms with Gasteiger partial charge in [-0.2, -0.15) is 4.73 Å². The molecule has 5 nitrogen and oxygen atoms in total. The minimum absolute atomic E-state index is 0.0464. The zero-order valence-electron chi connectivity index (χ0n) is 12.2. The van der Waals surface area contributed by atoms with Crippen LogP contribution < -0.4 is 10.0 Å². The molecule has 0 spiro atoms. The van der Waals surface area contributed by atoms with Gasteiger partial charge in [-0.3, -0.25) is 10.1 Å². The van der Waals surface area contributed by atoms with Crippen LogP contribution in [0.25, 0.3) is 0 Å². The average Bonchev–Trinajstić information content (AvgIpc) is 2.98. The van der Waals surface area contributed by atoms with Crippen molar-refractivity contribution >= 4 is 22.4 Å². The molecule has 24 heavy (non-hydrogen) atoms. The highest BCUT2D eigenvalue weighted by molar-refractivity contribution is 7.15. The van der Waals surface area contributed by atoms with Crippen molar-refractivity contribution in [2.75, 3.05) is 5.32 Å². The number of nitrogens with one attached hydrogen (secondary N) is 1. The second kappa shape index (κ2) is 6.71. The number of hydrogen-bond acceptors (Lipinski definition) is 4. The Kier molecular flexibility index (Phi) is 4.48. The molecule has 2 aromatic heterocycles. The Hall–Kier alpha value is -2.87. The van der Waals surface area contributed by atoms with Crippen molar-refractivity contribution in [1.29, 1.82) is 0 Å². The molecule has 8 heteroatoms. The van der Waals surface area contributed by atoms with Crippen LogP contribution in [0.5, 0.6) is 0 Å². The molecule has 0 fully saturated rings. The number of nitrogens with zero attached hydrogens (tertiary/aromatic N) is 2. The van der Waals surface area contributed by atoms with Gasteiger partial charge < -0.3 is 5.21 Å². The third-order valence-electron chi connectivity index (χ3n) is 3.19. The summed E-state index contributed by atoms with van der Waals surface area (Å²) in [6.07, 6.45) is 3.13. The summed E-state index contributed by atoms with van der Waals surface area (Å²) in [5.74, 6) is -2.38. The van der Waals surface area contributed by atoms with Crippen LogP contribution >= 0.6 is 11.3 Å². The van der Waals surface area contributed by atoms with Gasteiger partial charge in [-0.15, -0.1) is 11.3 Å². The van der Waals surface area contributed by atoms with E-state index in [1.165, 1.54) is 41.9 Å². The fourth-order valence-electron chi connectivity index (χ4n) is 2.06. The Balaban J connectivity index is 1.70. The fourth-order valence-corrected chi connectivity index (χ4v) is 2.90. The van der Waals surface area contributed by atoms with E-state index >= 15 is 0 Å². The second-order valence-electron chi connectivity index (χ2n) is 4.92. The number of rotatable bonds is 4. The number of amides is 1. The predicted molar refractivity (Wildman–Crippen MR) is 84.6 cm³/mol. The maximum Gasteiger partial charge on any atom is 0.323 e. The highest BCUT2D eigenvalue weighted by atomic mass is 32.1. The number of aromatic nitrogens is 2. The molecule has 0 radical (unpaired) electrons. The highest BCUT2D eigenvalue weighted by Gasteiger charge is 2.16. The smallest absolute Gasteiger partial charge is 0.323 e. The summed E-state index contributed by atoms with van der Waals surface area (Å²) in [5.41, 5.74) is 0.547. The number of anilines is 1. The van der Waals surface area contributed by atoms with Crippen LogP contribution in [0.15, 0.2) is 48.8 Å². The molecule has 0 saturated carbocycles. The van der Waals surface area contributed by atoms with Crippen molar-refractivity contribution in [2.24, 2.45) is 0 Å². The van der Waals surface area contributed by atoms with Crippen LogP contribution in [0.4, 0.5) is 13.9 Å². The van der Waals surface area contributed by atoms with Crippen molar-refractivity contribution in [1.82, 2.24) is 4.98 Å². The average molecular weight is 347 g/mol. The van der Waals surface area contributed by atoms with Gasteiger partial charge in [0.05, 0.1) is 0 Å². The normalized spacial score (nSPS) is 10.6. The van der Waals surface area contributed by atoms with E-state index in [1.807, 2.05) is 0 Å². The van der Waals surface area contributed by atoms with Gasteiger partial charge in [-0.25, -0.2) is 13.8 Å². The van der Waals surface area contributed by atoms with Crippen LogP contribution in [-0.4, -0.2) is 10.9 Å². The Morgan fingerprint density at radius 3 is 2.83 bits per heavy atom. The molecule has 0 aliphatic rings. The van der Waals surface area contributed by atoms with Crippen molar-refractivity contribution < 1.29 is 18.3 Å². The quantitative estimate of drug-likeness (QED) is 0.583. The maximum absolute atomic E-state index is 13.2. The molecule has 0 saturated heterocycles. The Morgan fingerprint density at radius 2 is 2.08 bits per heavy atom. The molecular formula is C16H11F2N3O2S. The molecule has 2 heterocycles. The first kappa shape index (κ1) is 16.0. The molecular weight excluding hydrogens is 336 g/mol. The van der Waals surface area contributed by atoms with Crippen LogP contribution in [0, 0.1) is 16.8 Å². The van der Waals surface area contributed by atoms with Gasteiger partial charge in [-0.1, -0.05) is 6.07 Å². The lowest BCUT2D eigenvalue weighted by Gasteiger charge is -2.02. The van der Waals surface area contributed by atoms with Crippen LogP contribution in [-0.2, 0) is 6.42 Å². The van der Waals surface area contributed by atoms with Crippen LogP contribution in [0.3, 0.4) is 0 Å². The van der Waals surface area contributed by atoms with Crippen LogP contribution in [0.2, 0.25) is 0 Å². The number of pyridine rings is 1. The molecule has 0 atom stereocenters.